The summed E-state index contributed by atoms with van der Waals surface area (Å²) in [6.45, 7) is 0. The molecule has 0 amide bonds. The van der Waals surface area contributed by atoms with Crippen molar-refractivity contribution in [3.05, 3.63) is 0 Å². The van der Waals surface area contributed by atoms with Crippen molar-refractivity contribution in [3.63, 3.8) is 0 Å². The average molecular weight is 611 g/mol. The van der Waals surface area contributed by atoms with Crippen LogP contribution in [0.25, 0.3) is 0 Å². The van der Waals surface area contributed by atoms with Crippen LogP contribution in [0, 0.1) is 0 Å². The number of hydrogen-bond donors (Lipinski definition) is 3. The Hall–Kier alpha value is 0.717. The Balaban J connectivity index is 5.78. The molecule has 0 aliphatic rings. The third-order valence-corrected chi connectivity index (χ3v) is 8.52. The maximum atomic E-state index is 12.5. The lowest BCUT2D eigenvalue weighted by atomic mass is 10.2. The molecule has 0 radical (unpaired) electrons. The van der Waals surface area contributed by atoms with Crippen LogP contribution in [-0.4, -0.2) is 77.0 Å². The summed E-state index contributed by atoms with van der Waals surface area (Å²) in [5.41, 5.74) is 17.3. The predicted molar refractivity (Wildman–Crippen MR) is 137 cm³/mol. The fourth-order valence-corrected chi connectivity index (χ4v) is 6.18. The van der Waals surface area contributed by atoms with E-state index < -0.39 is 41.0 Å². The number of halogens is 4. The minimum absolute atomic E-state index is 0.0219. The van der Waals surface area contributed by atoms with Crippen LogP contribution in [0.5, 0.6) is 0 Å². The van der Waals surface area contributed by atoms with E-state index in [-0.39, 0.29) is 19.3 Å². The molecule has 0 aromatic heterocycles. The van der Waals surface area contributed by atoms with Crippen LogP contribution in [0.2, 0.25) is 0 Å². The van der Waals surface area contributed by atoms with Crippen LogP contribution in [0.4, 0.5) is 0 Å². The fourth-order valence-electron chi connectivity index (χ4n) is 1.71. The summed E-state index contributed by atoms with van der Waals surface area (Å²) in [6.07, 6.45) is 5.25. The molecule has 32 heavy (non-hydrogen) atoms. The molecule has 0 aliphatic heterocycles. The summed E-state index contributed by atoms with van der Waals surface area (Å²) in [4.78, 5) is 31.5. The van der Waals surface area contributed by atoms with Crippen molar-refractivity contribution in [3.8, 4) is 0 Å². The SMILES string of the molecule is CSCCC(N)(Cl)C(=O)O[Si](Cl)(OC(=O)C(N)(Cl)CCSC)OC(=O)C(N)(Cl)CCSC. The van der Waals surface area contributed by atoms with Crippen LogP contribution < -0.4 is 17.2 Å². The Morgan fingerprint density at radius 2 is 0.906 bits per heavy atom. The van der Waals surface area contributed by atoms with Gasteiger partial charge in [-0.3, -0.25) is 0 Å². The molecule has 3 atom stereocenters. The van der Waals surface area contributed by atoms with E-state index in [0.717, 1.165) is 0 Å². The molecule has 0 spiro atoms. The highest BCUT2D eigenvalue weighted by Gasteiger charge is 2.59. The van der Waals surface area contributed by atoms with E-state index in [4.69, 9.17) is 76.4 Å². The van der Waals surface area contributed by atoms with Gasteiger partial charge in [0.1, 0.15) is 0 Å². The number of nitrogens with two attached hydrogens (primary N) is 3. The van der Waals surface area contributed by atoms with E-state index >= 15 is 0 Å². The molecule has 0 aromatic carbocycles. The standard InChI is InChI=1S/C15H27Cl4N3O6S3Si/c1-29-7-4-13(16,20)10(23)26-32(19,27-11(24)14(17,21)5-8-30-2)28-12(25)15(18,22)6-9-31-3/h4-9,20-22H2,1-3H3. The molecular weight excluding hydrogens is 584 g/mol. The van der Waals surface area contributed by atoms with Gasteiger partial charge in [-0.2, -0.15) is 35.3 Å². The Morgan fingerprint density at radius 1 is 0.688 bits per heavy atom. The average Bonchev–Trinajstić information content (AvgIpc) is 2.68. The highest BCUT2D eigenvalue weighted by Crippen LogP contribution is 2.29. The van der Waals surface area contributed by atoms with Crippen molar-refractivity contribution in [2.75, 3.05) is 36.0 Å². The third-order valence-electron chi connectivity index (χ3n) is 3.67. The van der Waals surface area contributed by atoms with Gasteiger partial charge in [0.2, 0.25) is 0 Å². The van der Waals surface area contributed by atoms with Crippen LogP contribution in [0.15, 0.2) is 0 Å². The minimum Gasteiger partial charge on any atom is -0.441 e. The molecule has 6 N–H and O–H groups in total. The fraction of sp³-hybridized carbons (Fsp3) is 0.800. The van der Waals surface area contributed by atoms with Gasteiger partial charge in [0.25, 0.3) is 0 Å². The molecule has 0 saturated carbocycles. The maximum absolute atomic E-state index is 12.5. The second kappa shape index (κ2) is 14.3. The highest BCUT2D eigenvalue weighted by atomic mass is 35.6. The lowest BCUT2D eigenvalue weighted by Gasteiger charge is -2.30. The topological polar surface area (TPSA) is 157 Å². The van der Waals surface area contributed by atoms with Crippen LogP contribution >= 0.6 is 81.2 Å². The largest absolute Gasteiger partial charge is 0.824 e. The van der Waals surface area contributed by atoms with Gasteiger partial charge in [-0.25, -0.2) is 14.4 Å². The molecule has 0 bridgehead atoms. The number of alkyl halides is 3. The first-order valence-corrected chi connectivity index (χ1v) is 16.9. The number of carbonyl (C=O) groups is 3. The molecule has 0 saturated heterocycles. The van der Waals surface area contributed by atoms with Crippen molar-refractivity contribution in [2.24, 2.45) is 17.2 Å². The van der Waals surface area contributed by atoms with Gasteiger partial charge in [0.05, 0.1) is 0 Å². The summed E-state index contributed by atoms with van der Waals surface area (Å²) in [7, 11) is -4.98. The van der Waals surface area contributed by atoms with Crippen molar-refractivity contribution < 1.29 is 27.7 Å². The Bertz CT molecular complexity index is 580. The Morgan fingerprint density at radius 3 is 1.09 bits per heavy atom. The molecule has 188 valence electrons. The van der Waals surface area contributed by atoms with Crippen molar-refractivity contribution in [2.45, 2.75) is 34.3 Å². The Labute approximate surface area is 221 Å². The number of hydrogen-bond acceptors (Lipinski definition) is 12. The monoisotopic (exact) mass is 609 g/mol. The maximum Gasteiger partial charge on any atom is 0.824 e. The third kappa shape index (κ3) is 11.4. The van der Waals surface area contributed by atoms with Crippen LogP contribution in [-0.2, 0) is 27.7 Å². The number of carbonyl (C=O) groups excluding carboxylic acids is 3. The van der Waals surface area contributed by atoms with Gasteiger partial charge in [-0.15, -0.1) is 0 Å². The normalized spacial score (nSPS) is 18.9. The molecule has 0 fully saturated rings. The van der Waals surface area contributed by atoms with Crippen LogP contribution in [0.1, 0.15) is 19.3 Å². The van der Waals surface area contributed by atoms with Gasteiger partial charge in [-0.1, -0.05) is 34.8 Å². The van der Waals surface area contributed by atoms with Crippen molar-refractivity contribution in [1.29, 1.82) is 0 Å². The zero-order valence-corrected chi connectivity index (χ0v) is 24.1. The van der Waals surface area contributed by atoms with Gasteiger partial charge in [0, 0.05) is 0 Å². The summed E-state index contributed by atoms with van der Waals surface area (Å²) in [5, 5.41) is 0. The van der Waals surface area contributed by atoms with Gasteiger partial charge >= 0.3 is 26.0 Å². The van der Waals surface area contributed by atoms with Crippen molar-refractivity contribution >= 4 is 107 Å². The lowest BCUT2D eigenvalue weighted by molar-refractivity contribution is -0.152. The summed E-state index contributed by atoms with van der Waals surface area (Å²) >= 11 is 28.4. The minimum atomic E-state index is -4.98. The molecule has 3 unspecified atom stereocenters. The van der Waals surface area contributed by atoms with Crippen LogP contribution in [0.3, 0.4) is 0 Å². The first-order chi connectivity index (χ1) is 14.6. The molecule has 9 nitrogen and oxygen atoms in total. The summed E-state index contributed by atoms with van der Waals surface area (Å²) in [5.74, 6) is -2.64. The first-order valence-electron chi connectivity index (χ1n) is 8.86. The van der Waals surface area contributed by atoms with Gasteiger partial charge < -0.3 is 30.5 Å². The van der Waals surface area contributed by atoms with E-state index in [0.29, 0.717) is 17.3 Å². The summed E-state index contributed by atoms with van der Waals surface area (Å²) < 4.78 is 15.0. The molecule has 0 rings (SSSR count). The molecule has 17 heteroatoms. The van der Waals surface area contributed by atoms with E-state index in [1.807, 2.05) is 0 Å². The molecular formula is C15H27Cl4N3O6S3Si. The number of rotatable bonds is 15. The second-order valence-electron chi connectivity index (χ2n) is 6.47. The second-order valence-corrected chi connectivity index (χ2v) is 14.4. The lowest BCUT2D eigenvalue weighted by Crippen LogP contribution is -2.58. The quantitative estimate of drug-likeness (QED) is 0.108. The van der Waals surface area contributed by atoms with Crippen molar-refractivity contribution in [1.82, 2.24) is 0 Å². The van der Waals surface area contributed by atoms with E-state index in [9.17, 15) is 14.4 Å². The molecule has 0 heterocycles. The van der Waals surface area contributed by atoms with E-state index in [2.05, 4.69) is 0 Å². The first kappa shape index (κ1) is 32.7. The zero-order valence-electron chi connectivity index (χ0n) is 17.7. The van der Waals surface area contributed by atoms with E-state index in [1.165, 1.54) is 35.3 Å². The Kier molecular flexibility index (Phi) is 14.6. The zero-order chi connectivity index (χ0) is 25.2. The number of thioether (sulfide) groups is 3. The molecule has 0 aliphatic carbocycles. The smallest absolute Gasteiger partial charge is 0.441 e. The van der Waals surface area contributed by atoms with Gasteiger partial charge in [-0.05, 0) is 66.4 Å². The highest BCUT2D eigenvalue weighted by molar-refractivity contribution is 7.98. The summed E-state index contributed by atoms with van der Waals surface area (Å²) in [6, 6.07) is 0. The van der Waals surface area contributed by atoms with Gasteiger partial charge in [0.15, 0.2) is 15.0 Å². The predicted octanol–water partition coefficient (Wildman–Crippen LogP) is 2.23. The molecule has 0 aromatic rings. The van der Waals surface area contributed by atoms with E-state index in [1.54, 1.807) is 18.8 Å².